The van der Waals surface area contributed by atoms with Crippen LogP contribution in [0.25, 0.3) is 0 Å². The molecule has 0 spiro atoms. The van der Waals surface area contributed by atoms with E-state index in [0.29, 0.717) is 6.42 Å². The van der Waals surface area contributed by atoms with Crippen LogP contribution in [0.5, 0.6) is 0 Å². The van der Waals surface area contributed by atoms with Crippen LogP contribution in [-0.2, 0) is 11.2 Å². The average molecular weight is 277 g/mol. The van der Waals surface area contributed by atoms with Crippen LogP contribution in [-0.4, -0.2) is 34.5 Å². The van der Waals surface area contributed by atoms with E-state index in [2.05, 4.69) is 20.8 Å². The van der Waals surface area contributed by atoms with Crippen LogP contribution in [0.2, 0.25) is 0 Å². The summed E-state index contributed by atoms with van der Waals surface area (Å²) in [4.78, 5) is 13.1. The smallest absolute Gasteiger partial charge is 0.235 e. The molecule has 0 fully saturated rings. The Morgan fingerprint density at radius 1 is 1.30 bits per heavy atom. The Bertz CT molecular complexity index is 540. The molecule has 1 aromatic heterocycles. The van der Waals surface area contributed by atoms with Crippen molar-refractivity contribution < 1.29 is 9.18 Å². The molecule has 1 atom stereocenters. The zero-order valence-corrected chi connectivity index (χ0v) is 11.1. The highest BCUT2D eigenvalue weighted by molar-refractivity contribution is 5.78. The summed E-state index contributed by atoms with van der Waals surface area (Å²) in [6, 6.07) is 6.13. The molecule has 6 nitrogen and oxygen atoms in total. The van der Waals surface area contributed by atoms with Crippen LogP contribution >= 0.6 is 0 Å². The number of halogens is 1. The van der Waals surface area contributed by atoms with Gasteiger partial charge in [-0.15, -0.1) is 0 Å². The van der Waals surface area contributed by atoms with Crippen molar-refractivity contribution in [2.24, 2.45) is 0 Å². The van der Waals surface area contributed by atoms with Gasteiger partial charge in [-0.05, 0) is 24.7 Å². The minimum Gasteiger partial charge on any atom is -0.331 e. The van der Waals surface area contributed by atoms with Crippen molar-refractivity contribution in [1.82, 2.24) is 25.6 Å². The van der Waals surface area contributed by atoms with Gasteiger partial charge in [0.2, 0.25) is 5.91 Å². The molecule has 2 aromatic rings. The molecule has 1 aromatic carbocycles. The molecular formula is C13H16FN5O. The van der Waals surface area contributed by atoms with Crippen LogP contribution in [0.3, 0.4) is 0 Å². The fraction of sp³-hybridized carbons (Fsp3) is 0.308. The molecule has 0 aliphatic rings. The number of amides is 1. The molecule has 7 heteroatoms. The molecule has 2 rings (SSSR count). The van der Waals surface area contributed by atoms with E-state index in [0.717, 1.165) is 5.56 Å². The first-order valence-corrected chi connectivity index (χ1v) is 6.23. The van der Waals surface area contributed by atoms with Gasteiger partial charge in [0.15, 0.2) is 0 Å². The molecule has 1 heterocycles. The molecule has 0 bridgehead atoms. The quantitative estimate of drug-likeness (QED) is 0.806. The SMILES string of the molecule is CNCC(=O)N[C@H](Cc1ccc(F)cc1)n1nccn1. The average Bonchev–Trinajstić information content (AvgIpc) is 2.95. The third-order valence-electron chi connectivity index (χ3n) is 2.72. The summed E-state index contributed by atoms with van der Waals surface area (Å²) in [6.07, 6.45) is 3.16. The van der Waals surface area contributed by atoms with Gasteiger partial charge in [-0.3, -0.25) is 4.79 Å². The highest BCUT2D eigenvalue weighted by Crippen LogP contribution is 2.11. The first kappa shape index (κ1) is 14.1. The Morgan fingerprint density at radius 3 is 2.55 bits per heavy atom. The van der Waals surface area contributed by atoms with Crippen molar-refractivity contribution >= 4 is 5.91 Å². The second kappa shape index (κ2) is 6.76. The third-order valence-corrected chi connectivity index (χ3v) is 2.72. The summed E-state index contributed by atoms with van der Waals surface area (Å²) < 4.78 is 12.9. The van der Waals surface area contributed by atoms with E-state index in [1.54, 1.807) is 31.6 Å². The fourth-order valence-electron chi connectivity index (χ4n) is 1.82. The highest BCUT2D eigenvalue weighted by atomic mass is 19.1. The molecule has 0 unspecified atom stereocenters. The normalized spacial score (nSPS) is 12.1. The van der Waals surface area contributed by atoms with Gasteiger partial charge in [-0.25, -0.2) is 4.39 Å². The first-order valence-electron chi connectivity index (χ1n) is 6.23. The predicted octanol–water partition coefficient (Wildman–Crippen LogP) is 0.494. The second-order valence-corrected chi connectivity index (χ2v) is 4.29. The number of benzene rings is 1. The lowest BCUT2D eigenvalue weighted by Gasteiger charge is -2.18. The number of hydrogen-bond donors (Lipinski definition) is 2. The van der Waals surface area contributed by atoms with E-state index in [-0.39, 0.29) is 18.3 Å². The van der Waals surface area contributed by atoms with Gasteiger partial charge in [0.25, 0.3) is 0 Å². The minimum absolute atomic E-state index is 0.156. The van der Waals surface area contributed by atoms with Gasteiger partial charge < -0.3 is 10.6 Å². The number of carbonyl (C=O) groups excluding carboxylic acids is 1. The van der Waals surface area contributed by atoms with Gasteiger partial charge in [-0.2, -0.15) is 15.0 Å². The van der Waals surface area contributed by atoms with Crippen molar-refractivity contribution in [3.63, 3.8) is 0 Å². The summed E-state index contributed by atoms with van der Waals surface area (Å²) in [5, 5.41) is 13.7. The Balaban J connectivity index is 2.10. The molecule has 0 saturated heterocycles. The molecule has 2 N–H and O–H groups in total. The van der Waals surface area contributed by atoms with Gasteiger partial charge in [0, 0.05) is 6.42 Å². The number of hydrogen-bond acceptors (Lipinski definition) is 4. The van der Waals surface area contributed by atoms with Gasteiger partial charge in [0.1, 0.15) is 12.0 Å². The van der Waals surface area contributed by atoms with Crippen molar-refractivity contribution in [2.75, 3.05) is 13.6 Å². The summed E-state index contributed by atoms with van der Waals surface area (Å²) in [5.41, 5.74) is 0.887. The summed E-state index contributed by atoms with van der Waals surface area (Å²) in [7, 11) is 1.70. The maximum absolute atomic E-state index is 12.9. The van der Waals surface area contributed by atoms with Gasteiger partial charge in [-0.1, -0.05) is 12.1 Å². The van der Waals surface area contributed by atoms with Crippen LogP contribution < -0.4 is 10.6 Å². The van der Waals surface area contributed by atoms with E-state index in [1.807, 2.05) is 0 Å². The van der Waals surface area contributed by atoms with E-state index in [1.165, 1.54) is 16.9 Å². The number of likely N-dealkylation sites (N-methyl/N-ethyl adjacent to an activating group) is 1. The maximum Gasteiger partial charge on any atom is 0.235 e. The second-order valence-electron chi connectivity index (χ2n) is 4.29. The molecule has 106 valence electrons. The number of nitrogens with zero attached hydrogens (tertiary/aromatic N) is 3. The summed E-state index contributed by atoms with van der Waals surface area (Å²) in [5.74, 6) is -0.446. The lowest BCUT2D eigenvalue weighted by molar-refractivity contribution is -0.121. The van der Waals surface area contributed by atoms with Gasteiger partial charge >= 0.3 is 0 Å². The Hall–Kier alpha value is -2.28. The van der Waals surface area contributed by atoms with E-state index < -0.39 is 6.17 Å². The molecular weight excluding hydrogens is 261 g/mol. The molecule has 0 aliphatic carbocycles. The van der Waals surface area contributed by atoms with E-state index in [4.69, 9.17) is 0 Å². The van der Waals surface area contributed by atoms with Gasteiger partial charge in [0.05, 0.1) is 18.9 Å². The Morgan fingerprint density at radius 2 is 1.95 bits per heavy atom. The van der Waals surface area contributed by atoms with Crippen molar-refractivity contribution in [3.05, 3.63) is 48.0 Å². The Labute approximate surface area is 116 Å². The fourth-order valence-corrected chi connectivity index (χ4v) is 1.82. The van der Waals surface area contributed by atoms with E-state index in [9.17, 15) is 9.18 Å². The van der Waals surface area contributed by atoms with E-state index >= 15 is 0 Å². The van der Waals surface area contributed by atoms with Crippen LogP contribution in [0.15, 0.2) is 36.7 Å². The number of aromatic nitrogens is 3. The standard InChI is InChI=1S/C13H16FN5O/c1-15-9-13(20)18-12(19-16-6-7-17-19)8-10-2-4-11(14)5-3-10/h2-7,12,15H,8-9H2,1H3,(H,18,20)/t12-/m0/s1. The molecule has 0 radical (unpaired) electrons. The molecule has 0 aliphatic heterocycles. The number of carbonyl (C=O) groups is 1. The summed E-state index contributed by atoms with van der Waals surface area (Å²) >= 11 is 0. The topological polar surface area (TPSA) is 71.8 Å². The van der Waals surface area contributed by atoms with Crippen molar-refractivity contribution in [3.8, 4) is 0 Å². The molecule has 1 amide bonds. The minimum atomic E-state index is -0.406. The zero-order chi connectivity index (χ0) is 14.4. The molecule has 20 heavy (non-hydrogen) atoms. The lowest BCUT2D eigenvalue weighted by Crippen LogP contribution is -2.39. The Kier molecular flexibility index (Phi) is 4.78. The molecule has 0 saturated carbocycles. The first-order chi connectivity index (χ1) is 9.69. The van der Waals surface area contributed by atoms with Crippen molar-refractivity contribution in [2.45, 2.75) is 12.6 Å². The predicted molar refractivity (Wildman–Crippen MR) is 71.2 cm³/mol. The number of rotatable bonds is 6. The maximum atomic E-state index is 12.9. The third kappa shape index (κ3) is 3.86. The zero-order valence-electron chi connectivity index (χ0n) is 11.1. The van der Waals surface area contributed by atoms with Crippen molar-refractivity contribution in [1.29, 1.82) is 0 Å². The number of nitrogens with one attached hydrogen (secondary N) is 2. The van der Waals surface area contributed by atoms with Crippen LogP contribution in [0.1, 0.15) is 11.7 Å². The largest absolute Gasteiger partial charge is 0.331 e. The van der Waals surface area contributed by atoms with Crippen LogP contribution in [0.4, 0.5) is 4.39 Å². The highest BCUT2D eigenvalue weighted by Gasteiger charge is 2.15. The lowest BCUT2D eigenvalue weighted by atomic mass is 10.1. The summed E-state index contributed by atoms with van der Waals surface area (Å²) in [6.45, 7) is 0.210. The monoisotopic (exact) mass is 277 g/mol. The van der Waals surface area contributed by atoms with Crippen LogP contribution in [0, 0.1) is 5.82 Å².